The van der Waals surface area contributed by atoms with Gasteiger partial charge in [-0.2, -0.15) is 5.26 Å². The van der Waals surface area contributed by atoms with Gasteiger partial charge in [0.2, 0.25) is 0 Å². The lowest BCUT2D eigenvalue weighted by Gasteiger charge is -2.12. The Morgan fingerprint density at radius 1 is 1.41 bits per heavy atom. The zero-order chi connectivity index (χ0) is 13.2. The maximum Gasteiger partial charge on any atom is 0.573 e. The zero-order valence-electron chi connectivity index (χ0n) is 7.92. The quantitative estimate of drug-likeness (QED) is 0.821. The van der Waals surface area contributed by atoms with Gasteiger partial charge in [-0.3, -0.25) is 0 Å². The van der Waals surface area contributed by atoms with Crippen molar-refractivity contribution in [3.8, 4) is 11.8 Å². The lowest BCUT2D eigenvalue weighted by molar-refractivity contribution is -0.274. The van der Waals surface area contributed by atoms with E-state index in [0.717, 1.165) is 0 Å². The van der Waals surface area contributed by atoms with Gasteiger partial charge in [0.05, 0.1) is 5.56 Å². The topological polar surface area (TPSA) is 71.9 Å². The van der Waals surface area contributed by atoms with Crippen LogP contribution in [0.1, 0.15) is 17.7 Å². The maximum atomic E-state index is 12.3. The van der Waals surface area contributed by atoms with E-state index < -0.39 is 35.6 Å². The summed E-state index contributed by atoms with van der Waals surface area (Å²) in [5.41, 5.74) is 3.30. The van der Waals surface area contributed by atoms with Gasteiger partial charge in [-0.1, -0.05) is 0 Å². The molecule has 0 aliphatic rings. The van der Waals surface area contributed by atoms with Gasteiger partial charge < -0.3 is 10.5 Å². The van der Waals surface area contributed by atoms with Crippen LogP contribution in [0.5, 0.6) is 5.75 Å². The molecule has 0 atom stereocenters. The molecule has 0 saturated carbocycles. The van der Waals surface area contributed by atoms with Crippen molar-refractivity contribution in [3.63, 3.8) is 0 Å². The summed E-state index contributed by atoms with van der Waals surface area (Å²) in [6, 6.07) is 1.75. The number of alkyl halides is 5. The van der Waals surface area contributed by atoms with Crippen molar-refractivity contribution in [1.82, 2.24) is 4.98 Å². The first-order valence-corrected chi connectivity index (χ1v) is 3.99. The summed E-state index contributed by atoms with van der Waals surface area (Å²) in [5, 5.41) is 8.48. The molecule has 0 radical (unpaired) electrons. The molecule has 0 aliphatic heterocycles. The third kappa shape index (κ3) is 3.17. The van der Waals surface area contributed by atoms with E-state index in [4.69, 9.17) is 11.0 Å². The number of nitrogen functional groups attached to an aromatic ring is 1. The van der Waals surface area contributed by atoms with Crippen LogP contribution in [0.3, 0.4) is 0 Å². The number of hydrogen-bond donors (Lipinski definition) is 1. The number of nitriles is 1. The van der Waals surface area contributed by atoms with Crippen molar-refractivity contribution in [3.05, 3.63) is 17.3 Å². The summed E-state index contributed by atoms with van der Waals surface area (Å²) in [7, 11) is 0. The number of rotatable bonds is 2. The summed E-state index contributed by atoms with van der Waals surface area (Å²) in [4.78, 5) is 3.01. The molecule has 0 bridgehead atoms. The Bertz CT molecular complexity index is 465. The highest BCUT2D eigenvalue weighted by molar-refractivity contribution is 5.52. The van der Waals surface area contributed by atoms with Crippen LogP contribution in [0.4, 0.5) is 27.8 Å². The van der Waals surface area contributed by atoms with Crippen LogP contribution in [0.15, 0.2) is 6.07 Å². The molecule has 0 aliphatic carbocycles. The minimum atomic E-state index is -5.05. The minimum absolute atomic E-state index is 0.470. The third-order valence-electron chi connectivity index (χ3n) is 1.60. The van der Waals surface area contributed by atoms with Gasteiger partial charge in [0, 0.05) is 6.07 Å². The standard InChI is InChI=1S/C8H4F5N3O/c9-6(10)5-3(2-14)1-4(7(15)16-5)17-8(11,12)13/h1,6H,(H2,15,16). The smallest absolute Gasteiger partial charge is 0.402 e. The average Bonchev–Trinajstić information content (AvgIpc) is 2.18. The van der Waals surface area contributed by atoms with E-state index >= 15 is 0 Å². The van der Waals surface area contributed by atoms with Gasteiger partial charge >= 0.3 is 6.36 Å². The van der Waals surface area contributed by atoms with E-state index in [-0.39, 0.29) is 0 Å². The van der Waals surface area contributed by atoms with Crippen LogP contribution < -0.4 is 10.5 Å². The SMILES string of the molecule is N#Cc1cc(OC(F)(F)F)c(N)nc1C(F)F. The number of nitrogens with zero attached hydrogens (tertiary/aromatic N) is 2. The predicted octanol–water partition coefficient (Wildman–Crippen LogP) is 2.37. The first-order valence-electron chi connectivity index (χ1n) is 3.99. The van der Waals surface area contributed by atoms with E-state index in [2.05, 4.69) is 9.72 Å². The Morgan fingerprint density at radius 2 is 2.00 bits per heavy atom. The molecular weight excluding hydrogens is 249 g/mol. The zero-order valence-corrected chi connectivity index (χ0v) is 7.92. The molecule has 2 N–H and O–H groups in total. The van der Waals surface area contributed by atoms with Gasteiger partial charge in [0.15, 0.2) is 11.6 Å². The average molecular weight is 253 g/mol. The highest BCUT2D eigenvalue weighted by Crippen LogP contribution is 2.31. The number of hydrogen-bond acceptors (Lipinski definition) is 4. The normalized spacial score (nSPS) is 11.4. The second-order valence-corrected chi connectivity index (χ2v) is 2.76. The van der Waals surface area contributed by atoms with Crippen molar-refractivity contribution in [2.75, 3.05) is 5.73 Å². The fourth-order valence-electron chi connectivity index (χ4n) is 0.986. The lowest BCUT2D eigenvalue weighted by Crippen LogP contribution is -2.19. The number of aromatic nitrogens is 1. The molecule has 0 amide bonds. The number of pyridine rings is 1. The van der Waals surface area contributed by atoms with Gasteiger partial charge in [-0.25, -0.2) is 13.8 Å². The van der Waals surface area contributed by atoms with Crippen LogP contribution in [0.2, 0.25) is 0 Å². The first-order chi connectivity index (χ1) is 7.74. The summed E-state index contributed by atoms with van der Waals surface area (Å²) >= 11 is 0. The maximum absolute atomic E-state index is 12.3. The van der Waals surface area contributed by atoms with Gasteiger partial charge in [-0.15, -0.1) is 13.2 Å². The molecule has 1 aromatic rings. The predicted molar refractivity (Wildman–Crippen MR) is 45.0 cm³/mol. The summed E-state index contributed by atoms with van der Waals surface area (Å²) < 4.78 is 63.7. The van der Waals surface area contributed by atoms with Gasteiger partial charge in [0.1, 0.15) is 11.8 Å². The number of halogens is 5. The molecule has 0 unspecified atom stereocenters. The molecule has 92 valence electrons. The summed E-state index contributed by atoms with van der Waals surface area (Å²) in [6.07, 6.45) is -8.17. The highest BCUT2D eigenvalue weighted by Gasteiger charge is 2.33. The van der Waals surface area contributed by atoms with Crippen LogP contribution in [-0.4, -0.2) is 11.3 Å². The Hall–Kier alpha value is -2.11. The molecular formula is C8H4F5N3O. The molecule has 4 nitrogen and oxygen atoms in total. The molecule has 1 rings (SSSR count). The fraction of sp³-hybridized carbons (Fsp3) is 0.250. The van der Waals surface area contributed by atoms with Crippen molar-refractivity contribution in [1.29, 1.82) is 5.26 Å². The number of anilines is 1. The molecule has 0 saturated heterocycles. The van der Waals surface area contributed by atoms with Gasteiger partial charge in [0.25, 0.3) is 6.43 Å². The highest BCUT2D eigenvalue weighted by atomic mass is 19.4. The molecule has 0 fully saturated rings. The van der Waals surface area contributed by atoms with Crippen LogP contribution in [0, 0.1) is 11.3 Å². The first kappa shape index (κ1) is 13.0. The Morgan fingerprint density at radius 3 is 2.41 bits per heavy atom. The van der Waals surface area contributed by atoms with Crippen LogP contribution >= 0.6 is 0 Å². The van der Waals surface area contributed by atoms with Crippen molar-refractivity contribution in [2.45, 2.75) is 12.8 Å². The monoisotopic (exact) mass is 253 g/mol. The second kappa shape index (κ2) is 4.40. The van der Waals surface area contributed by atoms with Crippen LogP contribution in [0.25, 0.3) is 0 Å². The number of nitrogens with two attached hydrogens (primary N) is 1. The summed E-state index contributed by atoms with van der Waals surface area (Å²) in [6.45, 7) is 0. The second-order valence-electron chi connectivity index (χ2n) is 2.76. The fourth-order valence-corrected chi connectivity index (χ4v) is 0.986. The lowest BCUT2D eigenvalue weighted by atomic mass is 10.2. The molecule has 9 heteroatoms. The van der Waals surface area contributed by atoms with E-state index in [1.807, 2.05) is 0 Å². The minimum Gasteiger partial charge on any atom is -0.402 e. The van der Waals surface area contributed by atoms with E-state index in [1.165, 1.54) is 6.07 Å². The number of ether oxygens (including phenoxy) is 1. The molecule has 1 heterocycles. The summed E-state index contributed by atoms with van der Waals surface area (Å²) in [5.74, 6) is -1.85. The molecule has 0 spiro atoms. The third-order valence-corrected chi connectivity index (χ3v) is 1.60. The van der Waals surface area contributed by atoms with E-state index in [1.54, 1.807) is 0 Å². The van der Waals surface area contributed by atoms with Crippen molar-refractivity contribution in [2.24, 2.45) is 0 Å². The Balaban J connectivity index is 3.24. The van der Waals surface area contributed by atoms with Crippen LogP contribution in [-0.2, 0) is 0 Å². The van der Waals surface area contributed by atoms with E-state index in [0.29, 0.717) is 6.07 Å². The largest absolute Gasteiger partial charge is 0.573 e. The molecule has 17 heavy (non-hydrogen) atoms. The Labute approximate surface area is 91.4 Å². The van der Waals surface area contributed by atoms with Crippen molar-refractivity contribution >= 4 is 5.82 Å². The molecule has 1 aromatic heterocycles. The van der Waals surface area contributed by atoms with Crippen molar-refractivity contribution < 1.29 is 26.7 Å². The van der Waals surface area contributed by atoms with E-state index in [9.17, 15) is 22.0 Å². The van der Waals surface area contributed by atoms with Gasteiger partial charge in [-0.05, 0) is 0 Å². The Kier molecular flexibility index (Phi) is 3.36. The molecule has 0 aromatic carbocycles.